The van der Waals surface area contributed by atoms with Crippen LogP contribution in [0.5, 0.6) is 0 Å². The first-order valence-corrected chi connectivity index (χ1v) is 13.5. The third-order valence-electron chi connectivity index (χ3n) is 6.11. The predicted octanol–water partition coefficient (Wildman–Crippen LogP) is 4.64. The van der Waals surface area contributed by atoms with Gasteiger partial charge < -0.3 is 14.8 Å². The van der Waals surface area contributed by atoms with Crippen molar-refractivity contribution >= 4 is 34.5 Å². The molecule has 0 atom stereocenters. The summed E-state index contributed by atoms with van der Waals surface area (Å²) >= 11 is 3.16. The first-order chi connectivity index (χ1) is 16.5. The van der Waals surface area contributed by atoms with E-state index in [2.05, 4.69) is 10.3 Å². The van der Waals surface area contributed by atoms with Gasteiger partial charge in [0.25, 0.3) is 11.8 Å². The Bertz CT molecular complexity index is 1190. The largest absolute Gasteiger partial charge is 0.352 e. The van der Waals surface area contributed by atoms with E-state index in [0.29, 0.717) is 19.0 Å². The Hall–Kier alpha value is -2.78. The Morgan fingerprint density at radius 3 is 2.65 bits per heavy atom. The van der Waals surface area contributed by atoms with Crippen molar-refractivity contribution < 1.29 is 9.59 Å². The summed E-state index contributed by atoms with van der Waals surface area (Å²) in [6.07, 6.45) is 9.13. The van der Waals surface area contributed by atoms with E-state index in [-0.39, 0.29) is 17.7 Å². The Kier molecular flexibility index (Phi) is 7.95. The standard InChI is InChI=1S/C25H30N4O3S2/c1-3-26-23(31)19-14-29(12-17-8-5-4-6-9-17)15-20(22(19)30)25(32)28(2)13-18-16-34-24(27-18)21-10-7-11-33-21/h7,10-11,14-17H,3-6,8-9,12-13H2,1-2H3,(H,26,31). The van der Waals surface area contributed by atoms with E-state index in [1.54, 1.807) is 37.7 Å². The summed E-state index contributed by atoms with van der Waals surface area (Å²) < 4.78 is 1.86. The third-order valence-corrected chi connectivity index (χ3v) is 8.04. The fraction of sp³-hybridized carbons (Fsp3) is 0.440. The molecule has 0 bridgehead atoms. The maximum atomic E-state index is 13.3. The first kappa shape index (κ1) is 24.3. The lowest BCUT2D eigenvalue weighted by Crippen LogP contribution is -2.36. The van der Waals surface area contributed by atoms with E-state index in [1.807, 2.05) is 27.5 Å². The highest BCUT2D eigenvalue weighted by atomic mass is 32.1. The number of thiazole rings is 1. The molecule has 0 radical (unpaired) electrons. The van der Waals surface area contributed by atoms with Crippen molar-refractivity contribution in [2.24, 2.45) is 5.92 Å². The van der Waals surface area contributed by atoms with Crippen molar-refractivity contribution in [1.82, 2.24) is 19.8 Å². The molecule has 1 aliphatic rings. The Morgan fingerprint density at radius 2 is 1.94 bits per heavy atom. The molecule has 3 heterocycles. The highest BCUT2D eigenvalue weighted by Gasteiger charge is 2.23. The summed E-state index contributed by atoms with van der Waals surface area (Å²) in [6.45, 7) is 3.20. The molecular formula is C25H30N4O3S2. The monoisotopic (exact) mass is 498 g/mol. The fourth-order valence-corrected chi connectivity index (χ4v) is 6.01. The predicted molar refractivity (Wildman–Crippen MR) is 137 cm³/mol. The van der Waals surface area contributed by atoms with E-state index >= 15 is 0 Å². The summed E-state index contributed by atoms with van der Waals surface area (Å²) in [7, 11) is 1.66. The molecule has 0 saturated heterocycles. The summed E-state index contributed by atoms with van der Waals surface area (Å²) in [5, 5.41) is 7.56. The lowest BCUT2D eigenvalue weighted by atomic mass is 9.89. The van der Waals surface area contributed by atoms with Gasteiger partial charge in [-0.3, -0.25) is 14.4 Å². The molecule has 1 N–H and O–H groups in total. The normalized spacial score (nSPS) is 14.2. The molecule has 180 valence electrons. The van der Waals surface area contributed by atoms with Gasteiger partial charge in [0.1, 0.15) is 16.1 Å². The first-order valence-electron chi connectivity index (χ1n) is 11.7. The summed E-state index contributed by atoms with van der Waals surface area (Å²) in [5.41, 5.74) is 0.285. The van der Waals surface area contributed by atoms with Crippen LogP contribution in [0.25, 0.3) is 9.88 Å². The number of carbonyl (C=O) groups excluding carboxylic acids is 2. The molecule has 1 fully saturated rings. The number of nitrogens with zero attached hydrogens (tertiary/aromatic N) is 3. The highest BCUT2D eigenvalue weighted by Crippen LogP contribution is 2.28. The Labute approximate surface area is 207 Å². The molecule has 4 rings (SSSR count). The minimum atomic E-state index is -0.528. The molecule has 1 saturated carbocycles. The number of thiophene rings is 1. The summed E-state index contributed by atoms with van der Waals surface area (Å²) in [4.78, 5) is 46.3. The quantitative estimate of drug-likeness (QED) is 0.491. The van der Waals surface area contributed by atoms with Crippen LogP contribution in [-0.4, -0.2) is 39.9 Å². The molecule has 0 aliphatic heterocycles. The van der Waals surface area contributed by atoms with Gasteiger partial charge in [-0.15, -0.1) is 22.7 Å². The second kappa shape index (κ2) is 11.1. The minimum absolute atomic E-state index is 0.0190. The number of hydrogen-bond acceptors (Lipinski definition) is 6. The van der Waals surface area contributed by atoms with Crippen molar-refractivity contribution in [3.63, 3.8) is 0 Å². The second-order valence-electron chi connectivity index (χ2n) is 8.76. The van der Waals surface area contributed by atoms with Crippen LogP contribution in [0.15, 0.2) is 40.1 Å². The van der Waals surface area contributed by atoms with Gasteiger partial charge in [0.05, 0.1) is 17.1 Å². The maximum Gasteiger partial charge on any atom is 0.259 e. The van der Waals surface area contributed by atoms with Crippen LogP contribution in [0.2, 0.25) is 0 Å². The second-order valence-corrected chi connectivity index (χ2v) is 10.6. The number of amides is 2. The van der Waals surface area contributed by atoms with Gasteiger partial charge >= 0.3 is 0 Å². The SMILES string of the molecule is CCNC(=O)c1cn(CC2CCCCC2)cc(C(=O)N(C)Cc2csc(-c3cccs3)n2)c1=O. The van der Waals surface area contributed by atoms with Crippen molar-refractivity contribution in [3.05, 3.63) is 62.3 Å². The molecule has 7 nitrogen and oxygen atoms in total. The van der Waals surface area contributed by atoms with Gasteiger partial charge in [0, 0.05) is 37.9 Å². The number of aromatic nitrogens is 2. The average molecular weight is 499 g/mol. The van der Waals surface area contributed by atoms with Crippen LogP contribution in [0.1, 0.15) is 65.4 Å². The van der Waals surface area contributed by atoms with Crippen molar-refractivity contribution in [2.75, 3.05) is 13.6 Å². The number of pyridine rings is 1. The van der Waals surface area contributed by atoms with E-state index in [4.69, 9.17) is 0 Å². The van der Waals surface area contributed by atoms with Crippen molar-refractivity contribution in [2.45, 2.75) is 52.1 Å². The third kappa shape index (κ3) is 5.64. The number of carbonyl (C=O) groups is 2. The minimum Gasteiger partial charge on any atom is -0.352 e. The zero-order valence-electron chi connectivity index (χ0n) is 19.6. The van der Waals surface area contributed by atoms with Gasteiger partial charge in [0.2, 0.25) is 5.43 Å². The molecule has 0 aromatic carbocycles. The van der Waals surface area contributed by atoms with E-state index in [9.17, 15) is 14.4 Å². The molecule has 2 amide bonds. The van der Waals surface area contributed by atoms with E-state index in [1.165, 1.54) is 35.5 Å². The lowest BCUT2D eigenvalue weighted by molar-refractivity contribution is 0.0781. The van der Waals surface area contributed by atoms with Crippen LogP contribution in [0.4, 0.5) is 0 Å². The Balaban J connectivity index is 1.58. The molecular weight excluding hydrogens is 468 g/mol. The number of hydrogen-bond donors (Lipinski definition) is 1. The van der Waals surface area contributed by atoms with Gasteiger partial charge in [-0.2, -0.15) is 0 Å². The molecule has 0 spiro atoms. The molecule has 34 heavy (non-hydrogen) atoms. The van der Waals surface area contributed by atoms with Gasteiger partial charge in [-0.05, 0) is 37.1 Å². The van der Waals surface area contributed by atoms with Crippen molar-refractivity contribution in [1.29, 1.82) is 0 Å². The van der Waals surface area contributed by atoms with Crippen LogP contribution in [0, 0.1) is 5.92 Å². The zero-order valence-corrected chi connectivity index (χ0v) is 21.2. The van der Waals surface area contributed by atoms with Gasteiger partial charge in [0.15, 0.2) is 0 Å². The van der Waals surface area contributed by atoms with E-state index in [0.717, 1.165) is 28.4 Å². The molecule has 9 heteroatoms. The number of rotatable bonds is 8. The Morgan fingerprint density at radius 1 is 1.18 bits per heavy atom. The van der Waals surface area contributed by atoms with Gasteiger partial charge in [-0.1, -0.05) is 25.3 Å². The molecule has 3 aromatic rings. The fourth-order valence-electron chi connectivity index (χ4n) is 4.39. The topological polar surface area (TPSA) is 84.3 Å². The van der Waals surface area contributed by atoms with Crippen LogP contribution in [-0.2, 0) is 13.1 Å². The van der Waals surface area contributed by atoms with Crippen LogP contribution >= 0.6 is 22.7 Å². The molecule has 0 unspecified atom stereocenters. The van der Waals surface area contributed by atoms with E-state index < -0.39 is 17.2 Å². The molecule has 1 aliphatic carbocycles. The van der Waals surface area contributed by atoms with Crippen LogP contribution in [0.3, 0.4) is 0 Å². The van der Waals surface area contributed by atoms with Gasteiger partial charge in [-0.25, -0.2) is 4.98 Å². The van der Waals surface area contributed by atoms with Crippen LogP contribution < -0.4 is 10.7 Å². The van der Waals surface area contributed by atoms with Crippen molar-refractivity contribution in [3.8, 4) is 9.88 Å². The molecule has 3 aromatic heterocycles. The average Bonchev–Trinajstić information content (AvgIpc) is 3.52. The maximum absolute atomic E-state index is 13.3. The smallest absolute Gasteiger partial charge is 0.259 e. The number of nitrogens with one attached hydrogen (secondary N) is 1. The summed E-state index contributed by atoms with van der Waals surface area (Å²) in [5.74, 6) is -0.355. The lowest BCUT2D eigenvalue weighted by Gasteiger charge is -2.24. The highest BCUT2D eigenvalue weighted by molar-refractivity contribution is 7.20. The zero-order chi connectivity index (χ0) is 24.1. The summed E-state index contributed by atoms with van der Waals surface area (Å²) in [6, 6.07) is 4.00.